The van der Waals surface area contributed by atoms with Crippen molar-refractivity contribution in [2.24, 2.45) is 5.73 Å². The Morgan fingerprint density at radius 1 is 1.25 bits per heavy atom. The molecule has 16 heavy (non-hydrogen) atoms. The summed E-state index contributed by atoms with van der Waals surface area (Å²) in [7, 11) is 0. The number of hydrogen-bond donors (Lipinski definition) is 1. The van der Waals surface area contributed by atoms with Crippen molar-refractivity contribution in [1.29, 1.82) is 0 Å². The van der Waals surface area contributed by atoms with Crippen molar-refractivity contribution in [2.45, 2.75) is 51.0 Å². The van der Waals surface area contributed by atoms with Gasteiger partial charge in [-0.2, -0.15) is 0 Å². The number of halogens is 1. The fraction of sp³-hybridized carbons (Fsp3) is 0.571. The van der Waals surface area contributed by atoms with E-state index in [1.807, 2.05) is 0 Å². The molecule has 0 heterocycles. The largest absolute Gasteiger partial charge is 0.321 e. The molecule has 0 radical (unpaired) electrons. The summed E-state index contributed by atoms with van der Waals surface area (Å²) >= 11 is 6.31. The zero-order chi connectivity index (χ0) is 11.8. The van der Waals surface area contributed by atoms with Gasteiger partial charge < -0.3 is 5.73 Å². The molecule has 2 heteroatoms. The molecular weight excluding hydrogens is 218 g/mol. The van der Waals surface area contributed by atoms with Gasteiger partial charge in [-0.05, 0) is 36.0 Å². The molecule has 2 N–H and O–H groups in total. The second-order valence-electron chi connectivity index (χ2n) is 5.25. The van der Waals surface area contributed by atoms with E-state index in [1.54, 1.807) is 0 Å². The molecule has 0 amide bonds. The second-order valence-corrected chi connectivity index (χ2v) is 5.66. The van der Waals surface area contributed by atoms with Gasteiger partial charge in [0.1, 0.15) is 0 Å². The summed E-state index contributed by atoms with van der Waals surface area (Å²) in [6.07, 6.45) is 4.65. The first kappa shape index (κ1) is 11.9. The zero-order valence-electron chi connectivity index (χ0n) is 10.1. The summed E-state index contributed by atoms with van der Waals surface area (Å²) in [5.41, 5.74) is 8.71. The molecule has 0 aromatic heterocycles. The topological polar surface area (TPSA) is 26.0 Å². The smallest absolute Gasteiger partial charge is 0.0444 e. The van der Waals surface area contributed by atoms with Crippen molar-refractivity contribution in [2.75, 3.05) is 0 Å². The van der Waals surface area contributed by atoms with Crippen LogP contribution in [0.1, 0.15) is 56.6 Å². The predicted molar refractivity (Wildman–Crippen MR) is 69.9 cm³/mol. The van der Waals surface area contributed by atoms with E-state index in [0.29, 0.717) is 5.92 Å². The first-order valence-electron chi connectivity index (χ1n) is 6.12. The van der Waals surface area contributed by atoms with Crippen LogP contribution in [0.15, 0.2) is 18.2 Å². The van der Waals surface area contributed by atoms with E-state index in [0.717, 1.165) is 17.9 Å². The Morgan fingerprint density at radius 3 is 2.38 bits per heavy atom. The number of nitrogens with two attached hydrogens (primary N) is 1. The van der Waals surface area contributed by atoms with Crippen LogP contribution in [0.25, 0.3) is 0 Å². The van der Waals surface area contributed by atoms with Gasteiger partial charge in [0.25, 0.3) is 0 Å². The fourth-order valence-electron chi connectivity index (χ4n) is 2.60. The molecule has 1 aliphatic carbocycles. The zero-order valence-corrected chi connectivity index (χ0v) is 10.8. The van der Waals surface area contributed by atoms with Crippen molar-refractivity contribution in [3.8, 4) is 0 Å². The third kappa shape index (κ3) is 2.11. The highest BCUT2D eigenvalue weighted by Gasteiger charge is 2.31. The molecule has 1 nitrogen and oxygen atoms in total. The molecule has 0 atom stereocenters. The average molecular weight is 238 g/mol. The molecule has 88 valence electrons. The lowest BCUT2D eigenvalue weighted by atomic mass is 9.88. The van der Waals surface area contributed by atoms with Gasteiger partial charge >= 0.3 is 0 Å². The second kappa shape index (κ2) is 4.38. The van der Waals surface area contributed by atoms with Crippen LogP contribution in [0.4, 0.5) is 0 Å². The third-order valence-electron chi connectivity index (χ3n) is 3.69. The van der Waals surface area contributed by atoms with Gasteiger partial charge in [0.2, 0.25) is 0 Å². The number of hydrogen-bond acceptors (Lipinski definition) is 1. The molecule has 1 saturated carbocycles. The summed E-state index contributed by atoms with van der Waals surface area (Å²) in [4.78, 5) is 0. The molecule has 1 aromatic carbocycles. The Kier molecular flexibility index (Phi) is 3.27. The van der Waals surface area contributed by atoms with Crippen LogP contribution in [0, 0.1) is 0 Å². The molecule has 0 unspecified atom stereocenters. The summed E-state index contributed by atoms with van der Waals surface area (Å²) in [5.74, 6) is 0.471. The van der Waals surface area contributed by atoms with E-state index < -0.39 is 0 Å². The van der Waals surface area contributed by atoms with E-state index >= 15 is 0 Å². The van der Waals surface area contributed by atoms with E-state index in [-0.39, 0.29) is 5.54 Å². The van der Waals surface area contributed by atoms with Crippen LogP contribution in [-0.2, 0) is 5.54 Å². The first-order chi connectivity index (χ1) is 7.53. The fourth-order valence-corrected chi connectivity index (χ4v) is 3.00. The molecule has 1 aliphatic rings. The molecule has 0 bridgehead atoms. The highest BCUT2D eigenvalue weighted by molar-refractivity contribution is 6.31. The minimum Gasteiger partial charge on any atom is -0.321 e. The summed E-state index contributed by atoms with van der Waals surface area (Å²) < 4.78 is 0. The molecular formula is C14H20ClN. The number of benzene rings is 1. The summed E-state index contributed by atoms with van der Waals surface area (Å²) in [6, 6.07) is 6.37. The quantitative estimate of drug-likeness (QED) is 0.820. The SMILES string of the molecule is CC(C)c1ccc(C2(N)CCCC2)cc1Cl. The van der Waals surface area contributed by atoms with Crippen LogP contribution in [0.3, 0.4) is 0 Å². The molecule has 0 saturated heterocycles. The van der Waals surface area contributed by atoms with Crippen molar-refractivity contribution in [3.63, 3.8) is 0 Å². The summed E-state index contributed by atoms with van der Waals surface area (Å²) in [6.45, 7) is 4.32. The Bertz CT molecular complexity index is 378. The highest BCUT2D eigenvalue weighted by Crippen LogP contribution is 2.38. The highest BCUT2D eigenvalue weighted by atomic mass is 35.5. The van der Waals surface area contributed by atoms with Crippen molar-refractivity contribution < 1.29 is 0 Å². The van der Waals surface area contributed by atoms with Gasteiger partial charge in [-0.1, -0.05) is 50.4 Å². The molecule has 2 rings (SSSR count). The van der Waals surface area contributed by atoms with Crippen LogP contribution < -0.4 is 5.73 Å². The first-order valence-corrected chi connectivity index (χ1v) is 6.49. The molecule has 1 aromatic rings. The Hall–Kier alpha value is -0.530. The Morgan fingerprint density at radius 2 is 1.88 bits per heavy atom. The van der Waals surface area contributed by atoms with Crippen molar-refractivity contribution >= 4 is 11.6 Å². The lowest BCUT2D eigenvalue weighted by molar-refractivity contribution is 0.461. The lowest BCUT2D eigenvalue weighted by Crippen LogP contribution is -2.33. The number of rotatable bonds is 2. The minimum absolute atomic E-state index is 0.126. The molecule has 0 spiro atoms. The van der Waals surface area contributed by atoms with Crippen molar-refractivity contribution in [3.05, 3.63) is 34.3 Å². The van der Waals surface area contributed by atoms with Gasteiger partial charge in [0, 0.05) is 10.6 Å². The van der Waals surface area contributed by atoms with E-state index in [2.05, 4.69) is 32.0 Å². The normalized spacial score (nSPS) is 19.3. The maximum Gasteiger partial charge on any atom is 0.0444 e. The Labute approximate surface area is 103 Å². The maximum atomic E-state index is 6.42. The Balaban J connectivity index is 2.34. The van der Waals surface area contributed by atoms with Gasteiger partial charge in [0.15, 0.2) is 0 Å². The summed E-state index contributed by atoms with van der Waals surface area (Å²) in [5, 5.41) is 0.865. The van der Waals surface area contributed by atoms with E-state index in [4.69, 9.17) is 17.3 Å². The van der Waals surface area contributed by atoms with Gasteiger partial charge in [0.05, 0.1) is 0 Å². The maximum absolute atomic E-state index is 6.42. The van der Waals surface area contributed by atoms with Crippen molar-refractivity contribution in [1.82, 2.24) is 0 Å². The average Bonchev–Trinajstić information content (AvgIpc) is 2.66. The van der Waals surface area contributed by atoms with Crippen LogP contribution in [0.2, 0.25) is 5.02 Å². The lowest BCUT2D eigenvalue weighted by Gasteiger charge is -2.25. The third-order valence-corrected chi connectivity index (χ3v) is 4.02. The van der Waals surface area contributed by atoms with Crippen LogP contribution in [-0.4, -0.2) is 0 Å². The van der Waals surface area contributed by atoms with E-state index in [9.17, 15) is 0 Å². The predicted octanol–water partition coefficient (Wildman–Crippen LogP) is 4.19. The van der Waals surface area contributed by atoms with E-state index in [1.165, 1.54) is 24.0 Å². The minimum atomic E-state index is -0.126. The van der Waals surface area contributed by atoms with Gasteiger partial charge in [-0.25, -0.2) is 0 Å². The standard InChI is InChI=1S/C14H20ClN/c1-10(2)12-6-5-11(9-13(12)15)14(16)7-3-4-8-14/h5-6,9-10H,3-4,7-8,16H2,1-2H3. The molecule has 0 aliphatic heterocycles. The monoisotopic (exact) mass is 237 g/mol. The van der Waals surface area contributed by atoms with Gasteiger partial charge in [-0.15, -0.1) is 0 Å². The van der Waals surface area contributed by atoms with Gasteiger partial charge in [-0.3, -0.25) is 0 Å². The van der Waals surface area contributed by atoms with Crippen LogP contribution >= 0.6 is 11.6 Å². The molecule has 1 fully saturated rings. The van der Waals surface area contributed by atoms with Crippen LogP contribution in [0.5, 0.6) is 0 Å².